The minimum absolute atomic E-state index is 0.00888. The number of aliphatic hydroxyl groups is 1. The number of hydrazine groups is 1. The fraction of sp³-hybridized carbons (Fsp3) is 0.562. The predicted molar refractivity (Wildman–Crippen MR) is 166 cm³/mol. The molecule has 2 amide bonds. The van der Waals surface area contributed by atoms with Gasteiger partial charge in [0.1, 0.15) is 0 Å². The average Bonchev–Trinajstić information content (AvgIpc) is 3.66. The summed E-state index contributed by atoms with van der Waals surface area (Å²) in [6, 6.07) is 12.3. The summed E-state index contributed by atoms with van der Waals surface area (Å²) in [5, 5.41) is 16.3. The summed E-state index contributed by atoms with van der Waals surface area (Å²) in [5.41, 5.74) is 3.24. The zero-order valence-electron chi connectivity index (χ0n) is 26.3. The van der Waals surface area contributed by atoms with E-state index in [-0.39, 0.29) is 55.4 Å². The van der Waals surface area contributed by atoms with Gasteiger partial charge in [-0.3, -0.25) is 15.0 Å². The molecule has 0 radical (unpaired) electrons. The van der Waals surface area contributed by atoms with Crippen molar-refractivity contribution in [3.63, 3.8) is 0 Å². The molecule has 3 atom stereocenters. The van der Waals surface area contributed by atoms with Crippen molar-refractivity contribution in [3.8, 4) is 11.5 Å². The van der Waals surface area contributed by atoms with Crippen molar-refractivity contribution in [2.45, 2.75) is 83.4 Å². The highest BCUT2D eigenvalue weighted by atomic mass is 32.2. The van der Waals surface area contributed by atoms with Gasteiger partial charge in [-0.05, 0) is 54.8 Å². The van der Waals surface area contributed by atoms with Gasteiger partial charge < -0.3 is 19.9 Å². The van der Waals surface area contributed by atoms with Gasteiger partial charge >= 0.3 is 0 Å². The summed E-state index contributed by atoms with van der Waals surface area (Å²) in [7, 11) is -4.09. The van der Waals surface area contributed by atoms with Gasteiger partial charge in [-0.25, -0.2) is 13.4 Å². The van der Waals surface area contributed by atoms with Crippen molar-refractivity contribution in [1.82, 2.24) is 20.1 Å². The minimum Gasteiger partial charge on any atom is -0.454 e. The lowest BCUT2D eigenvalue weighted by atomic mass is 9.91. The second kappa shape index (κ2) is 14.3. The molecule has 2 aliphatic rings. The van der Waals surface area contributed by atoms with Crippen molar-refractivity contribution in [2.24, 2.45) is 11.3 Å². The smallest absolute Gasteiger partial charge is 0.255 e. The van der Waals surface area contributed by atoms with Crippen LogP contribution in [0.4, 0.5) is 0 Å². The molecule has 0 bridgehead atoms. The van der Waals surface area contributed by atoms with E-state index in [1.54, 1.807) is 6.07 Å². The van der Waals surface area contributed by atoms with E-state index in [1.807, 2.05) is 65.0 Å². The largest absolute Gasteiger partial charge is 0.454 e. The molecule has 1 saturated heterocycles. The Labute approximate surface area is 260 Å². The molecule has 0 aromatic heterocycles. The topological polar surface area (TPSA) is 138 Å². The Kier molecular flexibility index (Phi) is 10.9. The van der Waals surface area contributed by atoms with E-state index in [9.17, 15) is 23.1 Å². The molecule has 2 heterocycles. The number of fused-ring (bicyclic) bond motifs is 1. The highest BCUT2D eigenvalue weighted by molar-refractivity contribution is 7.89. The fourth-order valence-corrected chi connectivity index (χ4v) is 7.06. The van der Waals surface area contributed by atoms with Crippen LogP contribution in [0, 0.1) is 11.3 Å². The lowest BCUT2D eigenvalue weighted by molar-refractivity contribution is -0.150. The standard InChI is InChI=1S/C32H46N4O7S/c1-22(2)19-35(44(40,41)24-13-14-28-29(17-24)43-21-42-28)20-27(37)26(16-23-10-7-6-8-11-23)36(30(38)18-32(3,4)5)34-31(39)25-12-9-15-33-25/h6-8,10-11,13-14,17,22,25-27,33,37H,9,12,15-16,18-21H2,1-5H3,(H,34,39)/t25-,26-,27+/m0/s1. The molecule has 242 valence electrons. The molecule has 0 saturated carbocycles. The van der Waals surface area contributed by atoms with Crippen LogP contribution < -0.4 is 20.2 Å². The van der Waals surface area contributed by atoms with E-state index >= 15 is 0 Å². The third-order valence-electron chi connectivity index (χ3n) is 7.56. The predicted octanol–water partition coefficient (Wildman–Crippen LogP) is 3.08. The lowest BCUT2D eigenvalue weighted by Crippen LogP contribution is -2.61. The van der Waals surface area contributed by atoms with Gasteiger partial charge in [0.15, 0.2) is 11.5 Å². The number of amides is 2. The third kappa shape index (κ3) is 8.71. The first kappa shape index (κ1) is 33.7. The number of aliphatic hydroxyl groups excluding tert-OH is 1. The Morgan fingerprint density at radius 1 is 1.07 bits per heavy atom. The highest BCUT2D eigenvalue weighted by Crippen LogP contribution is 2.35. The molecule has 44 heavy (non-hydrogen) atoms. The van der Waals surface area contributed by atoms with Crippen molar-refractivity contribution >= 4 is 21.8 Å². The number of nitrogens with one attached hydrogen (secondary N) is 2. The van der Waals surface area contributed by atoms with Crippen LogP contribution in [0.2, 0.25) is 0 Å². The molecule has 11 nitrogen and oxygen atoms in total. The number of rotatable bonds is 12. The molecule has 2 aliphatic heterocycles. The van der Waals surface area contributed by atoms with Crippen LogP contribution in [0.25, 0.3) is 0 Å². The van der Waals surface area contributed by atoms with Crippen LogP contribution in [-0.4, -0.2) is 79.3 Å². The van der Waals surface area contributed by atoms with Crippen LogP contribution in [-0.2, 0) is 26.0 Å². The maximum Gasteiger partial charge on any atom is 0.255 e. The summed E-state index contributed by atoms with van der Waals surface area (Å²) in [4.78, 5) is 27.2. The van der Waals surface area contributed by atoms with Gasteiger partial charge in [-0.15, -0.1) is 0 Å². The summed E-state index contributed by atoms with van der Waals surface area (Å²) < 4.78 is 40.0. The van der Waals surface area contributed by atoms with Gasteiger partial charge in [0.05, 0.1) is 23.1 Å². The average molecular weight is 631 g/mol. The molecule has 0 unspecified atom stereocenters. The van der Waals surface area contributed by atoms with Crippen LogP contribution >= 0.6 is 0 Å². The number of hydrogen-bond donors (Lipinski definition) is 3. The number of sulfonamides is 1. The van der Waals surface area contributed by atoms with E-state index in [2.05, 4.69) is 10.7 Å². The van der Waals surface area contributed by atoms with Crippen molar-refractivity contribution in [3.05, 3.63) is 54.1 Å². The zero-order valence-corrected chi connectivity index (χ0v) is 27.1. The Bertz CT molecular complexity index is 1390. The lowest BCUT2D eigenvalue weighted by Gasteiger charge is -2.38. The van der Waals surface area contributed by atoms with E-state index in [0.717, 1.165) is 12.0 Å². The molecule has 1 fully saturated rings. The first-order valence-electron chi connectivity index (χ1n) is 15.2. The van der Waals surface area contributed by atoms with E-state index < -0.39 is 33.6 Å². The molecule has 2 aromatic rings. The zero-order chi connectivity index (χ0) is 32.1. The number of benzene rings is 2. The molecular weight excluding hydrogens is 584 g/mol. The molecule has 2 aromatic carbocycles. The summed E-state index contributed by atoms with van der Waals surface area (Å²) >= 11 is 0. The summed E-state index contributed by atoms with van der Waals surface area (Å²) in [6.45, 7) is 10.1. The molecule has 0 aliphatic carbocycles. The van der Waals surface area contributed by atoms with Gasteiger partial charge in [0.2, 0.25) is 22.7 Å². The van der Waals surface area contributed by atoms with Crippen LogP contribution in [0.3, 0.4) is 0 Å². The van der Waals surface area contributed by atoms with E-state index in [1.165, 1.54) is 21.4 Å². The fourth-order valence-electron chi connectivity index (χ4n) is 5.42. The Morgan fingerprint density at radius 2 is 1.77 bits per heavy atom. The third-order valence-corrected chi connectivity index (χ3v) is 9.39. The quantitative estimate of drug-likeness (QED) is 0.305. The second-order valence-electron chi connectivity index (χ2n) is 13.2. The maximum atomic E-state index is 14.0. The number of hydrogen-bond acceptors (Lipinski definition) is 8. The van der Waals surface area contributed by atoms with E-state index in [4.69, 9.17) is 9.47 Å². The molecule has 0 spiro atoms. The second-order valence-corrected chi connectivity index (χ2v) is 15.1. The molecule has 3 N–H and O–H groups in total. The first-order valence-corrected chi connectivity index (χ1v) is 16.7. The van der Waals surface area contributed by atoms with Crippen LogP contribution in [0.5, 0.6) is 11.5 Å². The van der Waals surface area contributed by atoms with E-state index in [0.29, 0.717) is 24.5 Å². The normalized spacial score (nSPS) is 18.0. The van der Waals surface area contributed by atoms with Gasteiger partial charge in [-0.2, -0.15) is 4.31 Å². The van der Waals surface area contributed by atoms with Gasteiger partial charge in [-0.1, -0.05) is 65.0 Å². The number of carbonyl (C=O) groups excluding carboxylic acids is 2. The highest BCUT2D eigenvalue weighted by Gasteiger charge is 2.38. The first-order chi connectivity index (χ1) is 20.7. The van der Waals surface area contributed by atoms with Crippen LogP contribution in [0.15, 0.2) is 53.4 Å². The Morgan fingerprint density at radius 3 is 2.41 bits per heavy atom. The number of carbonyl (C=O) groups is 2. The number of ether oxygens (including phenoxy) is 2. The Hall–Kier alpha value is -3.19. The summed E-state index contributed by atoms with van der Waals surface area (Å²) in [6.07, 6.45) is 0.421. The van der Waals surface area contributed by atoms with Crippen LogP contribution in [0.1, 0.15) is 59.4 Å². The molecule has 12 heteroatoms. The Balaban J connectivity index is 1.69. The molecular formula is C32H46N4O7S. The monoisotopic (exact) mass is 630 g/mol. The minimum atomic E-state index is -4.09. The van der Waals surface area contributed by atoms with Crippen molar-refractivity contribution in [1.29, 1.82) is 0 Å². The summed E-state index contributed by atoms with van der Waals surface area (Å²) in [5.74, 6) is 0.00769. The van der Waals surface area contributed by atoms with Crippen molar-refractivity contribution < 1.29 is 32.6 Å². The maximum absolute atomic E-state index is 14.0. The SMILES string of the molecule is CC(C)CN(C[C@@H](O)[C@H](Cc1ccccc1)N(NC(=O)[C@@H]1CCCN1)C(=O)CC(C)(C)C)S(=O)(=O)c1ccc2c(c1)OCO2. The van der Waals surface area contributed by atoms with Crippen molar-refractivity contribution in [2.75, 3.05) is 26.4 Å². The molecule has 4 rings (SSSR count). The van der Waals surface area contributed by atoms with Gasteiger partial charge in [0.25, 0.3) is 5.91 Å². The number of nitrogens with zero attached hydrogens (tertiary/aromatic N) is 2. The van der Waals surface area contributed by atoms with Gasteiger partial charge in [0, 0.05) is 25.6 Å².